The molecule has 0 saturated carbocycles. The van der Waals surface area contributed by atoms with Gasteiger partial charge in [-0.2, -0.15) is 0 Å². The molecule has 1 aromatic carbocycles. The highest BCUT2D eigenvalue weighted by Crippen LogP contribution is 2.35. The van der Waals surface area contributed by atoms with Crippen LogP contribution < -0.4 is 27.6 Å². The molecule has 276 valence electrons. The number of amides is 2. The van der Waals surface area contributed by atoms with Crippen LogP contribution >= 0.6 is 0 Å². The number of nitrogens with one attached hydrogen (secondary N) is 4. The van der Waals surface area contributed by atoms with Gasteiger partial charge in [-0.05, 0) is 32.4 Å². The summed E-state index contributed by atoms with van der Waals surface area (Å²) in [4.78, 5) is 94.3. The van der Waals surface area contributed by atoms with Gasteiger partial charge in [0.05, 0.1) is 6.04 Å². The van der Waals surface area contributed by atoms with E-state index in [0.29, 0.717) is 5.56 Å². The molecule has 6 atom stereocenters. The van der Waals surface area contributed by atoms with E-state index in [-0.39, 0.29) is 18.5 Å². The highest BCUT2D eigenvalue weighted by Gasteiger charge is 2.54. The molecule has 0 radical (unpaired) electrons. The molecular weight excluding hydrogens is 672 g/mol. The Morgan fingerprint density at radius 1 is 0.961 bits per heavy atom. The van der Waals surface area contributed by atoms with Crippen molar-refractivity contribution in [3.8, 4) is 0 Å². The second kappa shape index (κ2) is 16.0. The number of para-hydroxylation sites is 1. The molecule has 1 saturated heterocycles. The Hall–Kier alpha value is -5.49. The number of carbonyl (C=O) groups excluding carboxylic acids is 5. The number of ether oxygens (including phenoxy) is 5. The van der Waals surface area contributed by atoms with Crippen LogP contribution in [-0.2, 0) is 55.8 Å². The van der Waals surface area contributed by atoms with Crippen LogP contribution in [-0.4, -0.2) is 87.0 Å². The lowest BCUT2D eigenvalue weighted by atomic mass is 10.0. The van der Waals surface area contributed by atoms with E-state index in [9.17, 15) is 33.6 Å². The van der Waals surface area contributed by atoms with Gasteiger partial charge in [-0.3, -0.25) is 33.5 Å². The third kappa shape index (κ3) is 9.82. The van der Waals surface area contributed by atoms with Crippen LogP contribution in [0.4, 0.5) is 4.79 Å². The molecule has 3 heterocycles. The van der Waals surface area contributed by atoms with E-state index in [2.05, 4.69) is 20.6 Å². The van der Waals surface area contributed by atoms with Crippen molar-refractivity contribution in [1.29, 1.82) is 0 Å². The number of fused-ring (bicyclic) bond motifs is 1. The number of benzene rings is 1. The molecule has 18 heteroatoms. The van der Waals surface area contributed by atoms with Crippen molar-refractivity contribution in [2.75, 3.05) is 6.61 Å². The number of aromatic nitrogens is 3. The third-order valence-electron chi connectivity index (χ3n) is 7.66. The fraction of sp³-hybridized carbons (Fsp3) is 0.485. The number of alkyl carbamates (subject to hydrolysis) is 1. The Bertz CT molecular complexity index is 1890. The molecule has 1 aliphatic rings. The number of hydrogen-bond acceptors (Lipinski definition) is 13. The average molecular weight is 715 g/mol. The van der Waals surface area contributed by atoms with Gasteiger partial charge in [-0.15, -0.1) is 0 Å². The number of nitrogens with two attached hydrogens (primary N) is 1. The van der Waals surface area contributed by atoms with Crippen molar-refractivity contribution >= 4 is 40.8 Å². The Labute approximate surface area is 291 Å². The maximum Gasteiger partial charge on any atom is 0.408 e. The molecule has 2 amide bonds. The first-order valence-corrected chi connectivity index (χ1v) is 16.0. The molecule has 1 fully saturated rings. The van der Waals surface area contributed by atoms with E-state index in [1.807, 2.05) is 24.3 Å². The van der Waals surface area contributed by atoms with E-state index in [1.54, 1.807) is 27.0 Å². The van der Waals surface area contributed by atoms with Gasteiger partial charge in [-0.1, -0.05) is 18.2 Å². The molecule has 6 N–H and O–H groups in total. The second-order valence-electron chi connectivity index (χ2n) is 12.8. The summed E-state index contributed by atoms with van der Waals surface area (Å²) in [5.41, 5.74) is 4.50. The van der Waals surface area contributed by atoms with Crippen LogP contribution in [0.2, 0.25) is 0 Å². The minimum Gasteiger partial charge on any atom is -0.464 e. The van der Waals surface area contributed by atoms with Crippen molar-refractivity contribution in [2.45, 2.75) is 96.7 Å². The second-order valence-corrected chi connectivity index (χ2v) is 12.8. The zero-order chi connectivity index (χ0) is 37.6. The van der Waals surface area contributed by atoms with Gasteiger partial charge in [0.15, 0.2) is 18.4 Å². The predicted molar refractivity (Wildman–Crippen MR) is 178 cm³/mol. The first kappa shape index (κ1) is 38.3. The lowest BCUT2D eigenvalue weighted by molar-refractivity contribution is -0.166. The highest BCUT2D eigenvalue weighted by atomic mass is 16.6. The summed E-state index contributed by atoms with van der Waals surface area (Å²) in [6.45, 7) is 7.42. The summed E-state index contributed by atoms with van der Waals surface area (Å²) in [7, 11) is 0. The first-order valence-electron chi connectivity index (χ1n) is 16.0. The van der Waals surface area contributed by atoms with E-state index in [1.165, 1.54) is 0 Å². The van der Waals surface area contributed by atoms with Crippen molar-refractivity contribution < 1.29 is 47.7 Å². The van der Waals surface area contributed by atoms with E-state index in [4.69, 9.17) is 29.4 Å². The van der Waals surface area contributed by atoms with Crippen molar-refractivity contribution in [1.82, 2.24) is 25.2 Å². The van der Waals surface area contributed by atoms with E-state index in [0.717, 1.165) is 42.4 Å². The molecule has 4 rings (SSSR count). The van der Waals surface area contributed by atoms with Crippen LogP contribution in [0.15, 0.2) is 46.2 Å². The summed E-state index contributed by atoms with van der Waals surface area (Å²) in [6.07, 6.45) is -4.09. The standard InChI is InChI=1S/C33H42N6O12/c1-16(40)47-15-24(36-29(44)23(37-32(46)51-33(4,5)6)11-19-13-35-22-10-8-7-9-21(19)22)25-26(48-17(2)41)27(49-18(3)42)30(50-25)39-14-20(12-34)28(43)38-31(39)45/h7-10,13-14,23-27,30,35H,11-12,15,34H2,1-6H3,(H,36,44)(H,37,46)(H,38,43,45)/t23-,24-,25-,26-,27-,30-/m0/s1. The lowest BCUT2D eigenvalue weighted by Crippen LogP contribution is -2.57. The van der Waals surface area contributed by atoms with Crippen LogP contribution in [0.5, 0.6) is 0 Å². The molecular formula is C33H42N6O12. The largest absolute Gasteiger partial charge is 0.464 e. The van der Waals surface area contributed by atoms with E-state index < -0.39 is 90.0 Å². The summed E-state index contributed by atoms with van der Waals surface area (Å²) in [5, 5.41) is 6.11. The smallest absolute Gasteiger partial charge is 0.408 e. The number of H-pyrrole nitrogens is 2. The molecule has 0 aliphatic carbocycles. The minimum absolute atomic E-state index is 0.0228. The van der Waals surface area contributed by atoms with Crippen molar-refractivity contribution in [3.05, 3.63) is 68.6 Å². The van der Waals surface area contributed by atoms with Crippen LogP contribution in [0.25, 0.3) is 10.9 Å². The van der Waals surface area contributed by atoms with Crippen LogP contribution in [0, 0.1) is 0 Å². The fourth-order valence-electron chi connectivity index (χ4n) is 5.61. The number of nitrogens with zero attached hydrogens (tertiary/aromatic N) is 1. The summed E-state index contributed by atoms with van der Waals surface area (Å²) >= 11 is 0. The Kier molecular flexibility index (Phi) is 12.0. The molecule has 2 aromatic heterocycles. The third-order valence-corrected chi connectivity index (χ3v) is 7.66. The Morgan fingerprint density at radius 2 is 1.63 bits per heavy atom. The van der Waals surface area contributed by atoms with Crippen LogP contribution in [0.3, 0.4) is 0 Å². The zero-order valence-electron chi connectivity index (χ0n) is 29.0. The maximum atomic E-state index is 14.1. The highest BCUT2D eigenvalue weighted by molar-refractivity contribution is 5.88. The monoisotopic (exact) mass is 714 g/mol. The minimum atomic E-state index is -1.53. The van der Waals surface area contributed by atoms with Gasteiger partial charge >= 0.3 is 29.7 Å². The van der Waals surface area contributed by atoms with Gasteiger partial charge in [0.1, 0.15) is 24.4 Å². The SMILES string of the molecule is CC(=O)OC[C@H](NC(=O)[C@H](Cc1c[nH]c2ccccc12)NC(=O)OC(C)(C)C)[C@@H]1O[C@H](n2cc(CN)c(=O)[nH]c2=O)[C@@H](OC(C)=O)[C@H]1OC(C)=O. The molecule has 51 heavy (non-hydrogen) atoms. The topological polar surface area (TPSA) is 252 Å². The molecule has 0 spiro atoms. The normalized spacial score (nSPS) is 19.8. The van der Waals surface area contributed by atoms with Gasteiger partial charge in [-0.25, -0.2) is 9.59 Å². The predicted octanol–water partition coefficient (Wildman–Crippen LogP) is 0.421. The summed E-state index contributed by atoms with van der Waals surface area (Å²) in [6, 6.07) is 4.72. The molecule has 18 nitrogen and oxygen atoms in total. The number of carbonyl (C=O) groups is 5. The molecule has 0 bridgehead atoms. The number of hydrogen-bond donors (Lipinski definition) is 5. The lowest BCUT2D eigenvalue weighted by Gasteiger charge is -2.30. The van der Waals surface area contributed by atoms with Gasteiger partial charge < -0.3 is 45.0 Å². The van der Waals surface area contributed by atoms with Gasteiger partial charge in [0.2, 0.25) is 5.91 Å². The zero-order valence-corrected chi connectivity index (χ0v) is 29.0. The summed E-state index contributed by atoms with van der Waals surface area (Å²) < 4.78 is 28.8. The van der Waals surface area contributed by atoms with Crippen molar-refractivity contribution in [2.24, 2.45) is 5.73 Å². The number of rotatable bonds is 12. The van der Waals surface area contributed by atoms with E-state index >= 15 is 0 Å². The van der Waals surface area contributed by atoms with Crippen LogP contribution in [0.1, 0.15) is 58.9 Å². The van der Waals surface area contributed by atoms with Crippen molar-refractivity contribution in [3.63, 3.8) is 0 Å². The quantitative estimate of drug-likeness (QED) is 0.126. The van der Waals surface area contributed by atoms with Gasteiger partial charge in [0, 0.05) is 62.6 Å². The average Bonchev–Trinajstić information content (AvgIpc) is 3.58. The molecule has 3 aromatic rings. The first-order chi connectivity index (χ1) is 24.0. The number of aromatic amines is 2. The van der Waals surface area contributed by atoms with Gasteiger partial charge in [0.25, 0.3) is 5.56 Å². The number of esters is 3. The molecule has 1 aliphatic heterocycles. The maximum absolute atomic E-state index is 14.1. The summed E-state index contributed by atoms with van der Waals surface area (Å²) in [5.74, 6) is -3.21. The molecule has 0 unspecified atom stereocenters. The fourth-order valence-corrected chi connectivity index (χ4v) is 5.61. The Morgan fingerprint density at radius 3 is 2.25 bits per heavy atom. The Balaban J connectivity index is 1.76.